The van der Waals surface area contributed by atoms with Gasteiger partial charge in [0.05, 0.1) is 16.8 Å². The van der Waals surface area contributed by atoms with Crippen LogP contribution in [-0.4, -0.2) is 55.2 Å². The van der Waals surface area contributed by atoms with E-state index in [9.17, 15) is 4.79 Å². The van der Waals surface area contributed by atoms with Gasteiger partial charge in [0.25, 0.3) is 5.91 Å². The molecule has 0 radical (unpaired) electrons. The van der Waals surface area contributed by atoms with Crippen LogP contribution in [0.2, 0.25) is 0 Å². The molecule has 5 rings (SSSR count). The van der Waals surface area contributed by atoms with Gasteiger partial charge >= 0.3 is 0 Å². The Morgan fingerprint density at radius 1 is 0.935 bits per heavy atom. The van der Waals surface area contributed by atoms with E-state index in [0.29, 0.717) is 18.8 Å². The first-order chi connectivity index (χ1) is 14.3. The van der Waals surface area contributed by atoms with E-state index >= 15 is 0 Å². The number of aromatic nitrogens is 1. The van der Waals surface area contributed by atoms with Crippen molar-refractivity contribution in [2.24, 2.45) is 0 Å². The maximum atomic E-state index is 13.4. The molecule has 1 saturated heterocycles. The first kappa shape index (κ1) is 23.1. The van der Waals surface area contributed by atoms with Crippen molar-refractivity contribution in [1.82, 2.24) is 15.2 Å². The number of ether oxygens (including phenoxy) is 2. The number of nitrogens with zero attached hydrogens (tertiary/aromatic N) is 2. The number of carbonyl (C=O) groups is 1. The number of nitrogens with one attached hydrogen (secondary N) is 1. The normalized spacial score (nSPS) is 15.4. The first-order valence-electron chi connectivity index (χ1n) is 10.1. The molecular weight excluding hydrogens is 437 g/mol. The van der Waals surface area contributed by atoms with E-state index in [-0.39, 0.29) is 30.7 Å². The van der Waals surface area contributed by atoms with E-state index in [0.717, 1.165) is 66.3 Å². The zero-order chi connectivity index (χ0) is 19.6. The van der Waals surface area contributed by atoms with Crippen molar-refractivity contribution < 1.29 is 14.3 Å². The highest BCUT2D eigenvalue weighted by atomic mass is 35.5. The number of halogens is 2. The van der Waals surface area contributed by atoms with Gasteiger partial charge in [-0.1, -0.05) is 18.2 Å². The SMILES string of the molecule is Cl.Cl.O=C(c1cc(-c2ccc3c(c2)OCCO3)nc2ccccc12)N1CCCNCC1. The Morgan fingerprint density at radius 2 is 1.74 bits per heavy atom. The van der Waals surface area contributed by atoms with Crippen molar-refractivity contribution in [1.29, 1.82) is 0 Å². The number of benzene rings is 2. The Hall–Kier alpha value is -2.54. The first-order valence-corrected chi connectivity index (χ1v) is 10.1. The molecule has 0 unspecified atom stereocenters. The summed E-state index contributed by atoms with van der Waals surface area (Å²) in [5, 5.41) is 4.24. The molecule has 31 heavy (non-hydrogen) atoms. The van der Waals surface area contributed by atoms with Gasteiger partial charge in [-0.25, -0.2) is 4.98 Å². The molecule has 1 aromatic heterocycles. The van der Waals surface area contributed by atoms with Gasteiger partial charge in [-0.2, -0.15) is 0 Å². The number of hydrogen-bond donors (Lipinski definition) is 1. The van der Waals surface area contributed by atoms with Gasteiger partial charge in [-0.3, -0.25) is 4.79 Å². The highest BCUT2D eigenvalue weighted by molar-refractivity contribution is 6.07. The number of rotatable bonds is 2. The predicted octanol–water partition coefficient (Wildman–Crippen LogP) is 3.95. The lowest BCUT2D eigenvalue weighted by atomic mass is 10.0. The fraction of sp³-hybridized carbons (Fsp3) is 0.304. The van der Waals surface area contributed by atoms with Crippen LogP contribution in [0.4, 0.5) is 0 Å². The maximum absolute atomic E-state index is 13.4. The molecular formula is C23H25Cl2N3O3. The molecule has 3 heterocycles. The van der Waals surface area contributed by atoms with Crippen LogP contribution in [0.25, 0.3) is 22.2 Å². The maximum Gasteiger partial charge on any atom is 0.254 e. The molecule has 1 N–H and O–H groups in total. The van der Waals surface area contributed by atoms with Crippen LogP contribution in [0.15, 0.2) is 48.5 Å². The van der Waals surface area contributed by atoms with Crippen molar-refractivity contribution >= 4 is 41.6 Å². The molecule has 0 saturated carbocycles. The van der Waals surface area contributed by atoms with Gasteiger partial charge in [-0.15, -0.1) is 24.8 Å². The van der Waals surface area contributed by atoms with Crippen molar-refractivity contribution in [3.8, 4) is 22.8 Å². The summed E-state index contributed by atoms with van der Waals surface area (Å²) < 4.78 is 11.4. The molecule has 1 fully saturated rings. The molecule has 2 aliphatic rings. The van der Waals surface area contributed by atoms with Gasteiger partial charge in [0.15, 0.2) is 11.5 Å². The fourth-order valence-corrected chi connectivity index (χ4v) is 3.92. The zero-order valence-electron chi connectivity index (χ0n) is 17.0. The monoisotopic (exact) mass is 461 g/mol. The van der Waals surface area contributed by atoms with E-state index in [1.54, 1.807) is 0 Å². The van der Waals surface area contributed by atoms with Gasteiger partial charge in [0.2, 0.25) is 0 Å². The molecule has 1 amide bonds. The average molecular weight is 462 g/mol. The molecule has 3 aromatic rings. The summed E-state index contributed by atoms with van der Waals surface area (Å²) in [6, 6.07) is 15.6. The minimum atomic E-state index is 0. The predicted molar refractivity (Wildman–Crippen MR) is 126 cm³/mol. The third kappa shape index (κ3) is 4.71. The Bertz CT molecular complexity index is 1070. The number of hydrogen-bond acceptors (Lipinski definition) is 5. The minimum Gasteiger partial charge on any atom is -0.486 e. The van der Waals surface area contributed by atoms with Crippen LogP contribution in [0.5, 0.6) is 11.5 Å². The van der Waals surface area contributed by atoms with Crippen LogP contribution >= 0.6 is 24.8 Å². The van der Waals surface area contributed by atoms with E-state index < -0.39 is 0 Å². The number of carbonyl (C=O) groups excluding carboxylic acids is 1. The van der Waals surface area contributed by atoms with Crippen LogP contribution in [0.3, 0.4) is 0 Å². The second kappa shape index (κ2) is 10.2. The quantitative estimate of drug-likeness (QED) is 0.625. The molecule has 8 heteroatoms. The van der Waals surface area contributed by atoms with Crippen LogP contribution in [0.1, 0.15) is 16.8 Å². The topological polar surface area (TPSA) is 63.7 Å². The van der Waals surface area contributed by atoms with Gasteiger partial charge < -0.3 is 19.7 Å². The summed E-state index contributed by atoms with van der Waals surface area (Å²) >= 11 is 0. The van der Waals surface area contributed by atoms with Crippen LogP contribution in [0, 0.1) is 0 Å². The molecule has 0 aliphatic carbocycles. The average Bonchev–Trinajstić information content (AvgIpc) is 3.07. The fourth-order valence-electron chi connectivity index (χ4n) is 3.92. The lowest BCUT2D eigenvalue weighted by Crippen LogP contribution is -2.34. The Balaban J connectivity index is 0.00000136. The second-order valence-electron chi connectivity index (χ2n) is 7.33. The second-order valence-corrected chi connectivity index (χ2v) is 7.33. The zero-order valence-corrected chi connectivity index (χ0v) is 18.6. The highest BCUT2D eigenvalue weighted by Crippen LogP contribution is 2.35. The third-order valence-corrected chi connectivity index (χ3v) is 5.41. The standard InChI is InChI=1S/C23H23N3O3.2ClH/c27-23(26-10-3-8-24-9-11-26)18-15-20(25-19-5-2-1-4-17(18)19)16-6-7-21-22(14-16)29-13-12-28-21;;/h1-2,4-7,14-15,24H,3,8-13H2;2*1H. The third-order valence-electron chi connectivity index (χ3n) is 5.41. The van der Waals surface area contributed by atoms with Crippen LogP contribution < -0.4 is 14.8 Å². The lowest BCUT2D eigenvalue weighted by Gasteiger charge is -2.22. The summed E-state index contributed by atoms with van der Waals surface area (Å²) in [6.07, 6.45) is 0.962. The molecule has 0 atom stereocenters. The summed E-state index contributed by atoms with van der Waals surface area (Å²) in [6.45, 7) is 4.35. The molecule has 164 valence electrons. The van der Waals surface area contributed by atoms with Gasteiger partial charge in [0, 0.05) is 30.6 Å². The number of fused-ring (bicyclic) bond motifs is 2. The largest absolute Gasteiger partial charge is 0.486 e. The molecule has 0 spiro atoms. The van der Waals surface area contributed by atoms with Crippen molar-refractivity contribution in [2.45, 2.75) is 6.42 Å². The van der Waals surface area contributed by atoms with Crippen molar-refractivity contribution in [3.05, 3.63) is 54.1 Å². The van der Waals surface area contributed by atoms with Crippen molar-refractivity contribution in [3.63, 3.8) is 0 Å². The molecule has 6 nitrogen and oxygen atoms in total. The summed E-state index contributed by atoms with van der Waals surface area (Å²) in [5.41, 5.74) is 3.18. The van der Waals surface area contributed by atoms with E-state index in [1.165, 1.54) is 0 Å². The van der Waals surface area contributed by atoms with E-state index in [1.807, 2.05) is 53.4 Å². The van der Waals surface area contributed by atoms with E-state index in [2.05, 4.69) is 5.32 Å². The Labute approximate surface area is 193 Å². The molecule has 0 bridgehead atoms. The van der Waals surface area contributed by atoms with Gasteiger partial charge in [-0.05, 0) is 43.3 Å². The summed E-state index contributed by atoms with van der Waals surface area (Å²) in [5.74, 6) is 1.52. The highest BCUT2D eigenvalue weighted by Gasteiger charge is 2.21. The summed E-state index contributed by atoms with van der Waals surface area (Å²) in [4.78, 5) is 20.2. The Morgan fingerprint density at radius 3 is 2.61 bits per heavy atom. The number of amides is 1. The number of para-hydroxylation sites is 1. The Kier molecular flexibility index (Phi) is 7.59. The van der Waals surface area contributed by atoms with Crippen LogP contribution in [-0.2, 0) is 0 Å². The summed E-state index contributed by atoms with van der Waals surface area (Å²) in [7, 11) is 0. The number of pyridine rings is 1. The molecule has 2 aliphatic heterocycles. The van der Waals surface area contributed by atoms with Gasteiger partial charge in [0.1, 0.15) is 13.2 Å². The minimum absolute atomic E-state index is 0. The van der Waals surface area contributed by atoms with E-state index in [4.69, 9.17) is 14.5 Å². The smallest absolute Gasteiger partial charge is 0.254 e. The lowest BCUT2D eigenvalue weighted by molar-refractivity contribution is 0.0768. The molecule has 2 aromatic carbocycles. The van der Waals surface area contributed by atoms with Crippen molar-refractivity contribution in [2.75, 3.05) is 39.4 Å².